The molecule has 2 aromatic heterocycles. The van der Waals surface area contributed by atoms with Crippen molar-refractivity contribution in [1.29, 1.82) is 0 Å². The van der Waals surface area contributed by atoms with E-state index in [-0.39, 0.29) is 0 Å². The van der Waals surface area contributed by atoms with Crippen LogP contribution in [-0.2, 0) is 0 Å². The van der Waals surface area contributed by atoms with Crippen LogP contribution in [0.25, 0.3) is 61.3 Å². The molecule has 0 saturated heterocycles. The molecule has 0 saturated carbocycles. The minimum Gasteiger partial charge on any atom is -0.310 e. The molecule has 9 aromatic carbocycles. The Kier molecular flexibility index (Phi) is 12.7. The molecule has 0 amide bonds. The van der Waals surface area contributed by atoms with Gasteiger partial charge in [-0.15, -0.1) is 20.4 Å². The fourth-order valence-corrected chi connectivity index (χ4v) is 9.76. The molecule has 0 radical (unpaired) electrons. The highest BCUT2D eigenvalue weighted by atomic mass is 15.5. The Balaban J connectivity index is 0.769. The maximum Gasteiger partial charge on any atom is 0.115 e. The number of rotatable bonds is 14. The van der Waals surface area contributed by atoms with E-state index in [4.69, 9.17) is 20.4 Å². The van der Waals surface area contributed by atoms with Gasteiger partial charge in [0, 0.05) is 40.1 Å². The highest BCUT2D eigenvalue weighted by Gasteiger charge is 2.19. The van der Waals surface area contributed by atoms with Gasteiger partial charge in [0.25, 0.3) is 0 Å². The van der Waals surface area contributed by atoms with E-state index in [1.54, 1.807) is 9.59 Å². The summed E-state index contributed by atoms with van der Waals surface area (Å²) in [4.78, 5) is 7.94. The van der Waals surface area contributed by atoms with Gasteiger partial charge in [0.1, 0.15) is 22.1 Å². The Morgan fingerprint density at radius 2 is 0.973 bits per heavy atom. The zero-order valence-corrected chi connectivity index (χ0v) is 41.5. The standard InChI is InChI=1S/C67H52N8/c1-3-56(72(57-20-12-6-13-21-57)62-42-44-64-66(46-62)70-74(68-64)60-38-31-53(32-39-60)50-16-8-4-9-17-50)35-24-48(2)49-25-27-52(28-26-49)55-29-36-59(37-30-55)73(58-22-14-7-15-23-58)63-43-45-65-67(47-63)71-75(69-65)61-40-33-54(34-41-61)51-18-10-5-11-19-51/h3-33,35-47,54H,1,34H2,2H3/b48-24+,56-35+. The lowest BCUT2D eigenvalue weighted by Crippen LogP contribution is -2.14. The summed E-state index contributed by atoms with van der Waals surface area (Å²) >= 11 is 0. The van der Waals surface area contributed by atoms with E-state index < -0.39 is 0 Å². The summed E-state index contributed by atoms with van der Waals surface area (Å²) in [5.74, 6) is 0.351. The van der Waals surface area contributed by atoms with Gasteiger partial charge in [-0.3, -0.25) is 0 Å². The van der Waals surface area contributed by atoms with Crippen LogP contribution in [0, 0.1) is 0 Å². The Hall–Kier alpha value is -9.92. The normalized spacial score (nSPS) is 13.7. The van der Waals surface area contributed by atoms with Gasteiger partial charge >= 0.3 is 0 Å². The summed E-state index contributed by atoms with van der Waals surface area (Å²) in [6.45, 7) is 6.41. The molecule has 8 heteroatoms. The van der Waals surface area contributed by atoms with Crippen LogP contribution in [0.2, 0.25) is 0 Å². The van der Waals surface area contributed by atoms with Crippen molar-refractivity contribution in [2.24, 2.45) is 0 Å². The van der Waals surface area contributed by atoms with Crippen LogP contribution in [0.5, 0.6) is 0 Å². The van der Waals surface area contributed by atoms with Crippen molar-refractivity contribution in [3.63, 3.8) is 0 Å². The molecule has 0 spiro atoms. The first-order valence-corrected chi connectivity index (χ1v) is 25.3. The number of nitrogens with zero attached hydrogens (tertiary/aromatic N) is 8. The van der Waals surface area contributed by atoms with Crippen LogP contribution < -0.4 is 9.80 Å². The molecule has 0 fully saturated rings. The molecule has 1 atom stereocenters. The fraction of sp³-hybridized carbons (Fsp3) is 0.0448. The number of anilines is 5. The molecule has 1 unspecified atom stereocenters. The monoisotopic (exact) mass is 968 g/mol. The number of benzene rings is 9. The first kappa shape index (κ1) is 46.2. The van der Waals surface area contributed by atoms with E-state index in [2.05, 4.69) is 260 Å². The van der Waals surface area contributed by atoms with E-state index in [9.17, 15) is 0 Å². The summed E-state index contributed by atoms with van der Waals surface area (Å²) in [5.41, 5.74) is 19.3. The van der Waals surface area contributed by atoms with Gasteiger partial charge < -0.3 is 9.80 Å². The zero-order valence-electron chi connectivity index (χ0n) is 41.5. The second-order valence-electron chi connectivity index (χ2n) is 18.6. The number of hydrogen-bond acceptors (Lipinski definition) is 6. The van der Waals surface area contributed by atoms with Crippen molar-refractivity contribution < 1.29 is 0 Å². The minimum atomic E-state index is 0.351. The van der Waals surface area contributed by atoms with E-state index in [1.165, 1.54) is 11.1 Å². The lowest BCUT2D eigenvalue weighted by molar-refractivity contribution is 0.766. The van der Waals surface area contributed by atoms with Gasteiger partial charge in [-0.1, -0.05) is 170 Å². The van der Waals surface area contributed by atoms with Crippen LogP contribution in [0.15, 0.2) is 279 Å². The molecule has 2 heterocycles. The molecule has 1 aliphatic carbocycles. The predicted molar refractivity (Wildman–Crippen MR) is 310 cm³/mol. The van der Waals surface area contributed by atoms with Crippen LogP contribution in [0.4, 0.5) is 28.4 Å². The second-order valence-corrected chi connectivity index (χ2v) is 18.6. The Morgan fingerprint density at radius 1 is 0.480 bits per heavy atom. The second kappa shape index (κ2) is 20.7. The molecule has 75 heavy (non-hydrogen) atoms. The van der Waals surface area contributed by atoms with E-state index in [1.807, 2.05) is 30.3 Å². The van der Waals surface area contributed by atoms with Gasteiger partial charge in [-0.25, -0.2) is 0 Å². The third kappa shape index (κ3) is 9.76. The molecule has 11 aromatic rings. The Bertz CT molecular complexity index is 3910. The molecule has 360 valence electrons. The summed E-state index contributed by atoms with van der Waals surface area (Å²) in [7, 11) is 0. The molecule has 0 bridgehead atoms. The molecule has 12 rings (SSSR count). The zero-order chi connectivity index (χ0) is 50.5. The SMILES string of the molecule is C=C/C(=C\C=C(/C)c1ccc(-c2ccc(N(c3ccccc3)c3ccc4nn(C5=CCC(c6ccccc6)C=C5)nc4c3)cc2)cc1)N(c1ccccc1)c1ccc2nn(-c3ccc(-c4ccccc4)cc3)nc2c1. The molecule has 8 nitrogen and oxygen atoms in total. The topological polar surface area (TPSA) is 67.9 Å². The number of aromatic nitrogens is 6. The van der Waals surface area contributed by atoms with Crippen molar-refractivity contribution in [2.45, 2.75) is 19.3 Å². The van der Waals surface area contributed by atoms with Crippen LogP contribution in [-0.4, -0.2) is 30.0 Å². The highest BCUT2D eigenvalue weighted by molar-refractivity contribution is 5.86. The van der Waals surface area contributed by atoms with Crippen LogP contribution in [0.1, 0.15) is 30.4 Å². The van der Waals surface area contributed by atoms with Crippen molar-refractivity contribution in [1.82, 2.24) is 30.0 Å². The van der Waals surface area contributed by atoms with Crippen molar-refractivity contribution in [2.75, 3.05) is 9.80 Å². The van der Waals surface area contributed by atoms with E-state index >= 15 is 0 Å². The van der Waals surface area contributed by atoms with Crippen molar-refractivity contribution in [3.05, 3.63) is 290 Å². The fourth-order valence-electron chi connectivity index (χ4n) is 9.76. The number of allylic oxidation sites excluding steroid dienone is 8. The third-order valence-corrected chi connectivity index (χ3v) is 13.8. The maximum absolute atomic E-state index is 4.96. The van der Waals surface area contributed by atoms with Crippen molar-refractivity contribution >= 4 is 61.8 Å². The minimum absolute atomic E-state index is 0.351. The Morgan fingerprint density at radius 3 is 1.60 bits per heavy atom. The van der Waals surface area contributed by atoms with Crippen LogP contribution >= 0.6 is 0 Å². The number of fused-ring (bicyclic) bond motifs is 2. The average molecular weight is 969 g/mol. The largest absolute Gasteiger partial charge is 0.310 e. The summed E-state index contributed by atoms with van der Waals surface area (Å²) in [6, 6.07) is 80.2. The van der Waals surface area contributed by atoms with E-state index in [0.29, 0.717) is 5.92 Å². The lowest BCUT2D eigenvalue weighted by atomic mass is 9.92. The lowest BCUT2D eigenvalue weighted by Gasteiger charge is -2.26. The van der Waals surface area contributed by atoms with Gasteiger partial charge in [0.2, 0.25) is 0 Å². The van der Waals surface area contributed by atoms with Gasteiger partial charge in [-0.2, -0.15) is 9.59 Å². The maximum atomic E-state index is 4.96. The summed E-state index contributed by atoms with van der Waals surface area (Å²) < 4.78 is 0. The van der Waals surface area contributed by atoms with Crippen LogP contribution in [0.3, 0.4) is 0 Å². The molecule has 1 aliphatic rings. The molecule has 0 aliphatic heterocycles. The highest BCUT2D eigenvalue weighted by Crippen LogP contribution is 2.38. The molecule has 0 N–H and O–H groups in total. The average Bonchev–Trinajstić information content (AvgIpc) is 4.13. The third-order valence-electron chi connectivity index (χ3n) is 13.8. The summed E-state index contributed by atoms with van der Waals surface area (Å²) in [5, 5.41) is 19.6. The van der Waals surface area contributed by atoms with Gasteiger partial charge in [-0.05, 0) is 155 Å². The smallest absolute Gasteiger partial charge is 0.115 e. The first-order chi connectivity index (χ1) is 37.0. The van der Waals surface area contributed by atoms with Gasteiger partial charge in [0.15, 0.2) is 0 Å². The molecular formula is C67H52N8. The van der Waals surface area contributed by atoms with Gasteiger partial charge in [0.05, 0.1) is 11.4 Å². The summed E-state index contributed by atoms with van der Waals surface area (Å²) in [6.07, 6.45) is 13.7. The first-order valence-electron chi connectivity index (χ1n) is 25.3. The Labute approximate surface area is 437 Å². The number of para-hydroxylation sites is 2. The van der Waals surface area contributed by atoms with Crippen molar-refractivity contribution in [3.8, 4) is 27.9 Å². The van der Waals surface area contributed by atoms with E-state index in [0.717, 1.165) is 102 Å². The molecular weight excluding hydrogens is 917 g/mol. The quantitative estimate of drug-likeness (QED) is 0.101. The number of hydrogen-bond donors (Lipinski definition) is 0. The predicted octanol–water partition coefficient (Wildman–Crippen LogP) is 16.9.